The number of carbonyl (C=O) groups is 2. The maximum atomic E-state index is 12.8. The van der Waals surface area contributed by atoms with Gasteiger partial charge in [-0.25, -0.2) is 0 Å². The Hall–Kier alpha value is -2.64. The molecule has 2 aromatic rings. The number of hydrogen-bond acceptors (Lipinski definition) is 5. The molecule has 0 aromatic heterocycles. The maximum absolute atomic E-state index is 12.8. The summed E-state index contributed by atoms with van der Waals surface area (Å²) in [6.07, 6.45) is 1.80. The molecule has 0 aliphatic carbocycles. The second-order valence-electron chi connectivity index (χ2n) is 5.75. The Morgan fingerprint density at radius 2 is 1.85 bits per heavy atom. The van der Waals surface area contributed by atoms with Crippen molar-refractivity contribution in [3.63, 3.8) is 0 Å². The third-order valence-electron chi connectivity index (χ3n) is 3.73. The predicted octanol–water partition coefficient (Wildman–Crippen LogP) is 4.45. The maximum Gasteiger partial charge on any atom is 0.270 e. The summed E-state index contributed by atoms with van der Waals surface area (Å²) < 4.78 is 5.92. The fourth-order valence-electron chi connectivity index (χ4n) is 2.57. The van der Waals surface area contributed by atoms with E-state index < -0.39 is 0 Å². The van der Waals surface area contributed by atoms with Crippen LogP contribution in [0.5, 0.6) is 5.75 Å². The molecule has 0 atom stereocenters. The minimum Gasteiger partial charge on any atom is -0.494 e. The van der Waals surface area contributed by atoms with Gasteiger partial charge in [-0.15, -0.1) is 0 Å². The topological polar surface area (TPSA) is 58.6 Å². The standard InChI is InChI=1S/C20H18N2O3S2/c1-3-25-17-10-8-16(9-11-17)22-19(24)18(27-20(22)26)12-14-4-6-15(7-5-14)21-13(2)23/h4-12H,3H2,1-2H3,(H,21,23)/b18-12-. The fraction of sp³-hybridized carbons (Fsp3) is 0.150. The molecule has 0 bridgehead atoms. The van der Waals surface area contributed by atoms with Crippen molar-refractivity contribution in [3.05, 3.63) is 59.0 Å². The van der Waals surface area contributed by atoms with E-state index in [1.165, 1.54) is 23.6 Å². The Balaban J connectivity index is 1.78. The number of nitrogens with zero attached hydrogens (tertiary/aromatic N) is 1. The number of thioether (sulfide) groups is 1. The average molecular weight is 399 g/mol. The number of thiocarbonyl (C=S) groups is 1. The fourth-order valence-corrected chi connectivity index (χ4v) is 3.86. The molecule has 0 saturated carbocycles. The third-order valence-corrected chi connectivity index (χ3v) is 5.03. The first kappa shape index (κ1) is 19.1. The molecule has 1 N–H and O–H groups in total. The summed E-state index contributed by atoms with van der Waals surface area (Å²) in [5, 5.41) is 2.71. The number of anilines is 2. The SMILES string of the molecule is CCOc1ccc(N2C(=O)/C(=C/c3ccc(NC(C)=O)cc3)SC2=S)cc1. The van der Waals surface area contributed by atoms with E-state index in [9.17, 15) is 9.59 Å². The van der Waals surface area contributed by atoms with Gasteiger partial charge in [0.2, 0.25) is 5.91 Å². The molecule has 1 aliphatic heterocycles. The Kier molecular flexibility index (Phi) is 5.93. The number of hydrogen-bond donors (Lipinski definition) is 1. The Labute approximate surface area is 167 Å². The van der Waals surface area contributed by atoms with Gasteiger partial charge in [0.15, 0.2) is 4.32 Å². The van der Waals surface area contributed by atoms with Crippen LogP contribution in [0.25, 0.3) is 6.08 Å². The first-order chi connectivity index (χ1) is 13.0. The Bertz CT molecular complexity index is 906. The monoisotopic (exact) mass is 398 g/mol. The lowest BCUT2D eigenvalue weighted by molar-refractivity contribution is -0.114. The van der Waals surface area contributed by atoms with Crippen molar-refractivity contribution in [1.82, 2.24) is 0 Å². The van der Waals surface area contributed by atoms with Crippen LogP contribution >= 0.6 is 24.0 Å². The zero-order valence-corrected chi connectivity index (χ0v) is 16.5. The van der Waals surface area contributed by atoms with Crippen molar-refractivity contribution in [2.45, 2.75) is 13.8 Å². The van der Waals surface area contributed by atoms with E-state index in [0.717, 1.165) is 11.3 Å². The zero-order chi connectivity index (χ0) is 19.4. The van der Waals surface area contributed by atoms with Gasteiger partial charge in [-0.1, -0.05) is 36.1 Å². The van der Waals surface area contributed by atoms with Gasteiger partial charge in [0, 0.05) is 12.6 Å². The van der Waals surface area contributed by atoms with Crippen LogP contribution in [0.1, 0.15) is 19.4 Å². The zero-order valence-electron chi connectivity index (χ0n) is 14.9. The van der Waals surface area contributed by atoms with E-state index >= 15 is 0 Å². The van der Waals surface area contributed by atoms with E-state index in [0.29, 0.717) is 27.2 Å². The number of nitrogens with one attached hydrogen (secondary N) is 1. The van der Waals surface area contributed by atoms with Gasteiger partial charge in [0.1, 0.15) is 5.75 Å². The van der Waals surface area contributed by atoms with Crippen molar-refractivity contribution in [2.24, 2.45) is 0 Å². The van der Waals surface area contributed by atoms with E-state index in [1.807, 2.05) is 43.3 Å². The molecule has 3 rings (SSSR count). The molecule has 0 radical (unpaired) electrons. The Morgan fingerprint density at radius 1 is 1.19 bits per heavy atom. The number of ether oxygens (including phenoxy) is 1. The van der Waals surface area contributed by atoms with Gasteiger partial charge >= 0.3 is 0 Å². The van der Waals surface area contributed by atoms with Crippen LogP contribution in [-0.4, -0.2) is 22.7 Å². The van der Waals surface area contributed by atoms with Crippen LogP contribution in [-0.2, 0) is 9.59 Å². The largest absolute Gasteiger partial charge is 0.494 e. The van der Waals surface area contributed by atoms with Gasteiger partial charge in [-0.05, 0) is 55.0 Å². The summed E-state index contributed by atoms with van der Waals surface area (Å²) in [5.74, 6) is 0.473. The summed E-state index contributed by atoms with van der Waals surface area (Å²) in [6.45, 7) is 3.97. The van der Waals surface area contributed by atoms with Crippen molar-refractivity contribution >= 4 is 57.6 Å². The Morgan fingerprint density at radius 3 is 2.44 bits per heavy atom. The average Bonchev–Trinajstić information content (AvgIpc) is 2.91. The van der Waals surface area contributed by atoms with Gasteiger partial charge in [0.25, 0.3) is 5.91 Å². The first-order valence-electron chi connectivity index (χ1n) is 8.36. The lowest BCUT2D eigenvalue weighted by Gasteiger charge is -2.15. The second kappa shape index (κ2) is 8.37. The van der Waals surface area contributed by atoms with E-state index in [2.05, 4.69) is 5.32 Å². The van der Waals surface area contributed by atoms with E-state index in [1.54, 1.807) is 18.2 Å². The van der Waals surface area contributed by atoms with Crippen LogP contribution in [0, 0.1) is 0 Å². The highest BCUT2D eigenvalue weighted by Gasteiger charge is 2.33. The molecule has 5 nitrogen and oxygen atoms in total. The van der Waals surface area contributed by atoms with Gasteiger partial charge in [0.05, 0.1) is 17.2 Å². The molecule has 138 valence electrons. The highest BCUT2D eigenvalue weighted by Crippen LogP contribution is 2.36. The minimum atomic E-state index is -0.153. The molecular weight excluding hydrogens is 380 g/mol. The smallest absolute Gasteiger partial charge is 0.270 e. The highest BCUT2D eigenvalue weighted by atomic mass is 32.2. The molecule has 0 unspecified atom stereocenters. The van der Waals surface area contributed by atoms with Crippen LogP contribution in [0.3, 0.4) is 0 Å². The molecule has 0 spiro atoms. The molecule has 7 heteroatoms. The number of benzene rings is 2. The van der Waals surface area contributed by atoms with Crippen LogP contribution in [0.2, 0.25) is 0 Å². The van der Waals surface area contributed by atoms with Gasteiger partial charge < -0.3 is 10.1 Å². The minimum absolute atomic E-state index is 0.126. The summed E-state index contributed by atoms with van der Waals surface area (Å²) in [5.41, 5.74) is 2.28. The molecule has 1 heterocycles. The first-order valence-corrected chi connectivity index (χ1v) is 9.59. The third kappa shape index (κ3) is 4.56. The molecule has 1 fully saturated rings. The highest BCUT2D eigenvalue weighted by molar-refractivity contribution is 8.27. The van der Waals surface area contributed by atoms with Crippen molar-refractivity contribution in [2.75, 3.05) is 16.8 Å². The lowest BCUT2D eigenvalue weighted by Crippen LogP contribution is -2.27. The lowest BCUT2D eigenvalue weighted by atomic mass is 10.2. The van der Waals surface area contributed by atoms with Crippen molar-refractivity contribution in [3.8, 4) is 5.75 Å². The summed E-state index contributed by atoms with van der Waals surface area (Å²) >= 11 is 6.66. The normalized spacial score (nSPS) is 15.3. The van der Waals surface area contributed by atoms with Crippen LogP contribution in [0.15, 0.2) is 53.4 Å². The number of carbonyl (C=O) groups excluding carboxylic acids is 2. The second-order valence-corrected chi connectivity index (χ2v) is 7.42. The van der Waals surface area contributed by atoms with Crippen LogP contribution in [0.4, 0.5) is 11.4 Å². The molecule has 27 heavy (non-hydrogen) atoms. The van der Waals surface area contributed by atoms with E-state index in [-0.39, 0.29) is 11.8 Å². The van der Waals surface area contributed by atoms with E-state index in [4.69, 9.17) is 17.0 Å². The molecule has 1 aliphatic rings. The number of amides is 2. The van der Waals surface area contributed by atoms with Gasteiger partial charge in [-0.2, -0.15) is 0 Å². The summed E-state index contributed by atoms with van der Waals surface area (Å²) in [7, 11) is 0. The molecular formula is C20H18N2O3S2. The molecule has 1 saturated heterocycles. The van der Waals surface area contributed by atoms with Crippen LogP contribution < -0.4 is 15.0 Å². The van der Waals surface area contributed by atoms with Crippen molar-refractivity contribution < 1.29 is 14.3 Å². The van der Waals surface area contributed by atoms with Crippen molar-refractivity contribution in [1.29, 1.82) is 0 Å². The summed E-state index contributed by atoms with van der Waals surface area (Å²) in [4.78, 5) is 26.0. The quantitative estimate of drug-likeness (QED) is 0.596. The van der Waals surface area contributed by atoms with Gasteiger partial charge in [-0.3, -0.25) is 14.5 Å². The number of rotatable bonds is 5. The molecule has 2 aromatic carbocycles. The molecule has 2 amide bonds. The predicted molar refractivity (Wildman–Crippen MR) is 114 cm³/mol. The summed E-state index contributed by atoms with van der Waals surface area (Å²) in [6, 6.07) is 14.6.